The second-order valence-corrected chi connectivity index (χ2v) is 3.37. The first kappa shape index (κ1) is 10.4. The second kappa shape index (κ2) is 3.80. The van der Waals surface area contributed by atoms with E-state index in [1.807, 2.05) is 0 Å². The van der Waals surface area contributed by atoms with Gasteiger partial charge in [-0.15, -0.1) is 0 Å². The number of rotatable bonds is 3. The van der Waals surface area contributed by atoms with Gasteiger partial charge in [-0.1, -0.05) is 0 Å². The van der Waals surface area contributed by atoms with Gasteiger partial charge in [0.1, 0.15) is 12.4 Å². The van der Waals surface area contributed by atoms with Crippen LogP contribution in [0.2, 0.25) is 0 Å². The number of hydrogen-bond donors (Lipinski definition) is 2. The Kier molecular flexibility index (Phi) is 2.47. The average molecular weight is 223 g/mol. The van der Waals surface area contributed by atoms with Gasteiger partial charge in [-0.25, -0.2) is 9.37 Å². The van der Waals surface area contributed by atoms with Gasteiger partial charge < -0.3 is 15.0 Å². The van der Waals surface area contributed by atoms with Crippen molar-refractivity contribution in [1.29, 1.82) is 0 Å². The summed E-state index contributed by atoms with van der Waals surface area (Å²) in [5, 5.41) is 11.2. The molecule has 1 aromatic carbocycles. The van der Waals surface area contributed by atoms with E-state index in [-0.39, 0.29) is 12.4 Å². The van der Waals surface area contributed by atoms with Gasteiger partial charge in [-0.2, -0.15) is 0 Å². The SMILES string of the molecule is Cn1c(NCC(=O)O)nc2cc(F)ccc21. The molecule has 16 heavy (non-hydrogen) atoms. The molecule has 0 fully saturated rings. The number of carbonyl (C=O) groups is 1. The van der Waals surface area contributed by atoms with Crippen molar-refractivity contribution >= 4 is 23.0 Å². The van der Waals surface area contributed by atoms with E-state index in [0.29, 0.717) is 11.5 Å². The number of carboxylic acid groups (broad SMARTS) is 1. The number of nitrogens with zero attached hydrogens (tertiary/aromatic N) is 2. The van der Waals surface area contributed by atoms with Crippen LogP contribution in [-0.2, 0) is 11.8 Å². The molecule has 0 aliphatic rings. The molecular formula is C10H10FN3O2. The minimum atomic E-state index is -0.974. The van der Waals surface area contributed by atoms with E-state index in [1.54, 1.807) is 17.7 Å². The second-order valence-electron chi connectivity index (χ2n) is 3.37. The fourth-order valence-electron chi connectivity index (χ4n) is 1.49. The van der Waals surface area contributed by atoms with E-state index in [4.69, 9.17) is 5.11 Å². The van der Waals surface area contributed by atoms with Crippen LogP contribution >= 0.6 is 0 Å². The minimum Gasteiger partial charge on any atom is -0.480 e. The number of benzene rings is 1. The summed E-state index contributed by atoms with van der Waals surface area (Å²) in [4.78, 5) is 14.5. The number of hydrogen-bond acceptors (Lipinski definition) is 3. The van der Waals surface area contributed by atoms with Gasteiger partial charge in [0, 0.05) is 13.1 Å². The Hall–Kier alpha value is -2.11. The van der Waals surface area contributed by atoms with Gasteiger partial charge in [-0.3, -0.25) is 4.79 Å². The van der Waals surface area contributed by atoms with Crippen LogP contribution in [-0.4, -0.2) is 27.2 Å². The Balaban J connectivity index is 2.39. The van der Waals surface area contributed by atoms with Crippen LogP contribution in [0.25, 0.3) is 11.0 Å². The average Bonchev–Trinajstić information content (AvgIpc) is 2.52. The molecule has 0 radical (unpaired) electrons. The number of fused-ring (bicyclic) bond motifs is 1. The van der Waals surface area contributed by atoms with Gasteiger partial charge >= 0.3 is 5.97 Å². The lowest BCUT2D eigenvalue weighted by molar-refractivity contribution is -0.134. The number of nitrogens with one attached hydrogen (secondary N) is 1. The number of imidazole rings is 1. The number of aliphatic carboxylic acids is 1. The van der Waals surface area contributed by atoms with Crippen LogP contribution in [0, 0.1) is 5.82 Å². The van der Waals surface area contributed by atoms with E-state index in [9.17, 15) is 9.18 Å². The molecule has 1 heterocycles. The lowest BCUT2D eigenvalue weighted by Crippen LogP contribution is -2.14. The molecule has 0 saturated carbocycles. The highest BCUT2D eigenvalue weighted by Crippen LogP contribution is 2.18. The van der Waals surface area contributed by atoms with Crippen LogP contribution in [0.3, 0.4) is 0 Å². The number of aromatic nitrogens is 2. The predicted molar refractivity (Wildman–Crippen MR) is 56.8 cm³/mol. The van der Waals surface area contributed by atoms with Crippen molar-refractivity contribution in [3.63, 3.8) is 0 Å². The molecule has 0 amide bonds. The fourth-order valence-corrected chi connectivity index (χ4v) is 1.49. The van der Waals surface area contributed by atoms with Crippen LogP contribution in [0.15, 0.2) is 18.2 Å². The molecule has 0 saturated heterocycles. The fraction of sp³-hybridized carbons (Fsp3) is 0.200. The summed E-state index contributed by atoms with van der Waals surface area (Å²) in [7, 11) is 1.73. The Morgan fingerprint density at radius 3 is 3.06 bits per heavy atom. The van der Waals surface area contributed by atoms with Gasteiger partial charge in [0.05, 0.1) is 11.0 Å². The topological polar surface area (TPSA) is 67.2 Å². The molecule has 5 nitrogen and oxygen atoms in total. The predicted octanol–water partition coefficient (Wildman–Crippen LogP) is 1.21. The molecule has 0 aliphatic heterocycles. The number of carboxylic acids is 1. The molecule has 0 spiro atoms. The summed E-state index contributed by atoms with van der Waals surface area (Å²) < 4.78 is 14.6. The molecule has 1 aromatic heterocycles. The number of aryl methyl sites for hydroxylation is 1. The maximum Gasteiger partial charge on any atom is 0.322 e. The van der Waals surface area contributed by atoms with Crippen LogP contribution in [0.5, 0.6) is 0 Å². The molecule has 2 rings (SSSR count). The molecule has 2 N–H and O–H groups in total. The molecule has 84 valence electrons. The Morgan fingerprint density at radius 1 is 1.62 bits per heavy atom. The Morgan fingerprint density at radius 2 is 2.38 bits per heavy atom. The maximum atomic E-state index is 12.9. The maximum absolute atomic E-state index is 12.9. The molecule has 0 atom stereocenters. The van der Waals surface area contributed by atoms with Gasteiger partial charge in [0.25, 0.3) is 0 Å². The minimum absolute atomic E-state index is 0.223. The van der Waals surface area contributed by atoms with Crippen molar-refractivity contribution in [2.45, 2.75) is 0 Å². The van der Waals surface area contributed by atoms with Crippen molar-refractivity contribution in [3.8, 4) is 0 Å². The molecule has 0 aliphatic carbocycles. The molecular weight excluding hydrogens is 213 g/mol. The summed E-state index contributed by atoms with van der Waals surface area (Å²) in [6, 6.07) is 4.25. The van der Waals surface area contributed by atoms with E-state index < -0.39 is 5.97 Å². The molecule has 6 heteroatoms. The third-order valence-electron chi connectivity index (χ3n) is 2.24. The first-order valence-corrected chi connectivity index (χ1v) is 4.65. The van der Waals surface area contributed by atoms with Crippen LogP contribution < -0.4 is 5.32 Å². The number of anilines is 1. The Labute approximate surface area is 90.5 Å². The lowest BCUT2D eigenvalue weighted by atomic mass is 10.3. The monoisotopic (exact) mass is 223 g/mol. The third kappa shape index (κ3) is 1.81. The normalized spacial score (nSPS) is 10.6. The molecule has 2 aromatic rings. The first-order chi connectivity index (χ1) is 7.58. The summed E-state index contributed by atoms with van der Waals surface area (Å²) >= 11 is 0. The van der Waals surface area contributed by atoms with Crippen molar-refractivity contribution in [2.24, 2.45) is 7.05 Å². The van der Waals surface area contributed by atoms with E-state index in [2.05, 4.69) is 10.3 Å². The van der Waals surface area contributed by atoms with E-state index >= 15 is 0 Å². The molecule has 0 bridgehead atoms. The summed E-state index contributed by atoms with van der Waals surface area (Å²) in [6.07, 6.45) is 0. The molecule has 0 unspecified atom stereocenters. The van der Waals surface area contributed by atoms with Crippen molar-refractivity contribution in [2.75, 3.05) is 11.9 Å². The zero-order chi connectivity index (χ0) is 11.7. The zero-order valence-electron chi connectivity index (χ0n) is 8.57. The van der Waals surface area contributed by atoms with E-state index in [0.717, 1.165) is 5.52 Å². The van der Waals surface area contributed by atoms with Gasteiger partial charge in [-0.05, 0) is 12.1 Å². The number of halogens is 1. The van der Waals surface area contributed by atoms with E-state index in [1.165, 1.54) is 12.1 Å². The van der Waals surface area contributed by atoms with Crippen molar-refractivity contribution < 1.29 is 14.3 Å². The van der Waals surface area contributed by atoms with Gasteiger partial charge in [0.15, 0.2) is 0 Å². The summed E-state index contributed by atoms with van der Waals surface area (Å²) in [5.41, 5.74) is 1.24. The standard InChI is InChI=1S/C10H10FN3O2/c1-14-8-3-2-6(11)4-7(8)13-10(14)12-5-9(15)16/h2-4H,5H2,1H3,(H,12,13)(H,15,16). The van der Waals surface area contributed by atoms with Gasteiger partial charge in [0.2, 0.25) is 5.95 Å². The highest BCUT2D eigenvalue weighted by atomic mass is 19.1. The highest BCUT2D eigenvalue weighted by Gasteiger charge is 2.08. The largest absolute Gasteiger partial charge is 0.480 e. The first-order valence-electron chi connectivity index (χ1n) is 4.65. The van der Waals surface area contributed by atoms with Crippen LogP contribution in [0.1, 0.15) is 0 Å². The smallest absolute Gasteiger partial charge is 0.322 e. The van der Waals surface area contributed by atoms with Crippen LogP contribution in [0.4, 0.5) is 10.3 Å². The van der Waals surface area contributed by atoms with Crippen molar-refractivity contribution in [3.05, 3.63) is 24.0 Å². The highest BCUT2D eigenvalue weighted by molar-refractivity contribution is 5.79. The zero-order valence-corrected chi connectivity index (χ0v) is 8.57. The van der Waals surface area contributed by atoms with Crippen molar-refractivity contribution in [1.82, 2.24) is 9.55 Å². The summed E-state index contributed by atoms with van der Waals surface area (Å²) in [5.74, 6) is -0.934. The Bertz CT molecular complexity index is 550. The third-order valence-corrected chi connectivity index (χ3v) is 2.24. The summed E-state index contributed by atoms with van der Waals surface area (Å²) in [6.45, 7) is -0.223. The quantitative estimate of drug-likeness (QED) is 0.820. The lowest BCUT2D eigenvalue weighted by Gasteiger charge is -2.02.